The fourth-order valence-electron chi connectivity index (χ4n) is 5.67. The van der Waals surface area contributed by atoms with Crippen molar-refractivity contribution in [1.82, 2.24) is 35.8 Å². The largest absolute Gasteiger partial charge is 0.490 e. The molecule has 0 aliphatic carbocycles. The Morgan fingerprint density at radius 2 is 1.70 bits per heavy atom. The molecular weight excluding hydrogens is 989 g/mol. The number of carboxylic acids is 2. The molecule has 1 aliphatic rings. The van der Waals surface area contributed by atoms with Crippen LogP contribution < -0.4 is 32.6 Å². The summed E-state index contributed by atoms with van der Waals surface area (Å²) in [7, 11) is -14.5. The predicted octanol–water partition coefficient (Wildman–Crippen LogP) is -1.24. The zero-order chi connectivity index (χ0) is 49.4. The van der Waals surface area contributed by atoms with Crippen LogP contribution in [0.2, 0.25) is 0 Å². The van der Waals surface area contributed by atoms with Gasteiger partial charge in [0.2, 0.25) is 29.6 Å². The number of aromatic amines is 1. The zero-order valence-corrected chi connectivity index (χ0v) is 38.7. The van der Waals surface area contributed by atoms with Gasteiger partial charge in [0.25, 0.3) is 5.56 Å². The summed E-state index contributed by atoms with van der Waals surface area (Å²) in [5.74, 6) is 0.866. The fraction of sp³-hybridized carbons (Fsp3) is 0.562. The first-order valence-corrected chi connectivity index (χ1v) is 26.1. The number of amides is 4. The maximum atomic E-state index is 12.9. The SMILES string of the molecule is CC(=O)NC(CSSCCC(=O)NCC#Cc1cn(C2CC(O)C(COP(=O)(O)OP(=O)(O)OP(=O)(O)O)O2)c2nc(N)[nH]c(=O)c12)C(=O)NCCCCCC(=O)NC(CC(=O)O)C(=O)O. The smallest absolute Gasteiger partial charge is 0.481 e. The van der Waals surface area contributed by atoms with Crippen molar-refractivity contribution in [3.05, 3.63) is 22.1 Å². The Morgan fingerprint density at radius 1 is 0.985 bits per heavy atom. The van der Waals surface area contributed by atoms with Crippen molar-refractivity contribution in [1.29, 1.82) is 0 Å². The van der Waals surface area contributed by atoms with Crippen molar-refractivity contribution in [3.63, 3.8) is 0 Å². The number of hydrogen-bond donors (Lipinski definition) is 13. The lowest BCUT2D eigenvalue weighted by Crippen LogP contribution is -2.47. The van der Waals surface area contributed by atoms with Crippen LogP contribution in [0.5, 0.6) is 0 Å². The van der Waals surface area contributed by atoms with E-state index >= 15 is 0 Å². The number of nitrogens with one attached hydrogen (secondary N) is 5. The van der Waals surface area contributed by atoms with Crippen LogP contribution in [-0.2, 0) is 60.3 Å². The quantitative estimate of drug-likeness (QED) is 0.0215. The van der Waals surface area contributed by atoms with Gasteiger partial charge in [0.1, 0.15) is 24.4 Å². The molecule has 368 valence electrons. The van der Waals surface area contributed by atoms with Gasteiger partial charge in [-0.3, -0.25) is 38.3 Å². The highest BCUT2D eigenvalue weighted by Gasteiger charge is 2.43. The number of hydrogen-bond acceptors (Lipinski definition) is 19. The van der Waals surface area contributed by atoms with Gasteiger partial charge in [-0.1, -0.05) is 39.8 Å². The van der Waals surface area contributed by atoms with Gasteiger partial charge >= 0.3 is 35.4 Å². The number of rotatable bonds is 27. The van der Waals surface area contributed by atoms with Crippen molar-refractivity contribution < 1.29 is 95.2 Å². The van der Waals surface area contributed by atoms with Crippen molar-refractivity contribution >= 4 is 97.6 Å². The van der Waals surface area contributed by atoms with Crippen molar-refractivity contribution in [2.24, 2.45) is 0 Å². The molecule has 1 fully saturated rings. The molecule has 1 saturated heterocycles. The molecule has 0 saturated carbocycles. The third-order valence-electron chi connectivity index (χ3n) is 8.45. The third-order valence-corrected chi connectivity index (χ3v) is 14.7. The summed E-state index contributed by atoms with van der Waals surface area (Å²) in [6.07, 6.45) is -2.31. The van der Waals surface area contributed by atoms with E-state index in [1.807, 2.05) is 0 Å². The van der Waals surface area contributed by atoms with Crippen LogP contribution in [-0.4, -0.2) is 140 Å². The normalized spacial score (nSPS) is 18.7. The molecule has 0 aromatic carbocycles. The van der Waals surface area contributed by atoms with E-state index in [2.05, 4.69) is 56.2 Å². The molecule has 2 aromatic rings. The topological polar surface area (TPSA) is 457 Å². The maximum absolute atomic E-state index is 12.9. The van der Waals surface area contributed by atoms with Crippen molar-refractivity contribution in [3.8, 4) is 11.8 Å². The van der Waals surface area contributed by atoms with E-state index < -0.39 is 108 Å². The molecule has 0 radical (unpaired) electrons. The molecule has 0 bridgehead atoms. The van der Waals surface area contributed by atoms with Gasteiger partial charge in [-0.05, 0) is 12.8 Å². The number of carbonyl (C=O) groups excluding carboxylic acids is 4. The number of aliphatic carboxylic acids is 2. The van der Waals surface area contributed by atoms with Crippen molar-refractivity contribution in [2.75, 3.05) is 36.9 Å². The number of nitrogens with two attached hydrogens (primary N) is 1. The molecule has 14 N–H and O–H groups in total. The van der Waals surface area contributed by atoms with E-state index in [0.717, 1.165) is 0 Å². The molecule has 0 spiro atoms. The maximum Gasteiger partial charge on any atom is 0.490 e. The average molecular weight is 1040 g/mol. The van der Waals surface area contributed by atoms with Gasteiger partial charge in [0, 0.05) is 50.4 Å². The van der Waals surface area contributed by atoms with Crippen molar-refractivity contribution in [2.45, 2.75) is 82.4 Å². The summed E-state index contributed by atoms with van der Waals surface area (Å²) in [6.45, 7) is 0.345. The Balaban J connectivity index is 1.45. The number of ether oxygens (including phenoxy) is 1. The number of H-pyrrole nitrogens is 1. The molecule has 1 aliphatic heterocycles. The van der Waals surface area contributed by atoms with Crippen LogP contribution in [0.4, 0.5) is 5.95 Å². The Labute approximate surface area is 380 Å². The van der Waals surface area contributed by atoms with Crippen LogP contribution >= 0.6 is 45.1 Å². The zero-order valence-electron chi connectivity index (χ0n) is 34.4. The lowest BCUT2D eigenvalue weighted by Gasteiger charge is -2.19. The molecule has 29 nitrogen and oxygen atoms in total. The Morgan fingerprint density at radius 3 is 2.35 bits per heavy atom. The highest BCUT2D eigenvalue weighted by atomic mass is 33.1. The average Bonchev–Trinajstić information content (AvgIpc) is 3.73. The van der Waals surface area contributed by atoms with Crippen LogP contribution in [0, 0.1) is 11.8 Å². The van der Waals surface area contributed by atoms with Gasteiger partial charge in [-0.25, -0.2) is 18.5 Å². The molecule has 3 heterocycles. The molecule has 7 atom stereocenters. The number of carbonyl (C=O) groups is 6. The summed E-state index contributed by atoms with van der Waals surface area (Å²) in [6, 6.07) is -2.44. The summed E-state index contributed by atoms with van der Waals surface area (Å²) in [4.78, 5) is 127. The van der Waals surface area contributed by atoms with E-state index in [1.165, 1.54) is 39.3 Å². The van der Waals surface area contributed by atoms with E-state index in [1.54, 1.807) is 0 Å². The first kappa shape index (κ1) is 56.0. The first-order chi connectivity index (χ1) is 30.8. The summed E-state index contributed by atoms with van der Waals surface area (Å²) < 4.78 is 53.5. The third kappa shape index (κ3) is 19.8. The van der Waals surface area contributed by atoms with E-state index in [4.69, 9.17) is 30.5 Å². The second-order valence-electron chi connectivity index (χ2n) is 13.8. The number of nitrogen functional groups attached to an aromatic ring is 1. The molecule has 4 amide bonds. The van der Waals surface area contributed by atoms with Gasteiger partial charge in [-0.2, -0.15) is 13.6 Å². The van der Waals surface area contributed by atoms with Gasteiger partial charge < -0.3 is 71.2 Å². The second-order valence-corrected chi connectivity index (χ2v) is 20.8. The standard InChI is InChI=1S/C32H47N8O21P3S2/c1-17(41)36-20(29(47)35-9-4-2-3-7-24(44)37-19(31(49)50)12-26(45)46)16-66-65-11-8-23(43)34-10-5-6-18-14-40(28-27(18)30(48)39-32(33)38-28)25-13-21(42)22(59-25)15-58-63(54,55)61-64(56,57)60-62(51,52)53/h14,19-22,25,42H,2-4,7-13,15-16H2,1H3,(H,34,43)(H,35,47)(H,36,41)(H,37,44)(H,45,46)(H,49,50)(H,54,55)(H,56,57)(H2,51,52,53)(H3,33,38,39,48). The number of carboxylic acid groups (broad SMARTS) is 2. The van der Waals surface area contributed by atoms with Crippen LogP contribution in [0.25, 0.3) is 11.0 Å². The molecular formula is C32H47N8O21P3S2. The van der Waals surface area contributed by atoms with Gasteiger partial charge in [0.05, 0.1) is 36.6 Å². The summed E-state index contributed by atoms with van der Waals surface area (Å²) in [5.41, 5.74) is 5.09. The molecule has 66 heavy (non-hydrogen) atoms. The van der Waals surface area contributed by atoms with E-state index in [-0.39, 0.29) is 60.7 Å². The van der Waals surface area contributed by atoms with Crippen LogP contribution in [0.3, 0.4) is 0 Å². The summed E-state index contributed by atoms with van der Waals surface area (Å²) >= 11 is 0. The Hall–Kier alpha value is -4.37. The van der Waals surface area contributed by atoms with E-state index in [0.29, 0.717) is 25.0 Å². The minimum Gasteiger partial charge on any atom is -0.481 e. The minimum atomic E-state index is -5.80. The van der Waals surface area contributed by atoms with Crippen LogP contribution in [0.15, 0.2) is 11.0 Å². The number of nitrogens with zero attached hydrogens (tertiary/aromatic N) is 2. The van der Waals surface area contributed by atoms with Crippen LogP contribution in [0.1, 0.15) is 63.7 Å². The molecule has 34 heteroatoms. The number of unbranched alkanes of at least 4 members (excludes halogenated alkanes) is 2. The number of fused-ring (bicyclic) bond motifs is 1. The minimum absolute atomic E-state index is 0.0393. The predicted molar refractivity (Wildman–Crippen MR) is 229 cm³/mol. The highest BCUT2D eigenvalue weighted by Crippen LogP contribution is 2.66. The monoisotopic (exact) mass is 1040 g/mol. The fourth-order valence-corrected chi connectivity index (χ4v) is 10.8. The number of aliphatic hydroxyl groups is 1. The second kappa shape index (κ2) is 25.7. The molecule has 3 rings (SSSR count). The summed E-state index contributed by atoms with van der Waals surface area (Å²) in [5, 5.41) is 38.3. The van der Waals surface area contributed by atoms with Gasteiger partial charge in [-0.15, -0.1) is 0 Å². The first-order valence-electron chi connectivity index (χ1n) is 19.1. The Bertz CT molecular complexity index is 2370. The highest BCUT2D eigenvalue weighted by molar-refractivity contribution is 8.76. The Kier molecular flexibility index (Phi) is 21.8. The van der Waals surface area contributed by atoms with Gasteiger partial charge in [0.15, 0.2) is 5.65 Å². The lowest BCUT2D eigenvalue weighted by atomic mass is 10.1. The number of phosphoric ester groups is 1. The lowest BCUT2D eigenvalue weighted by molar-refractivity contribution is -0.147. The number of aromatic nitrogens is 3. The number of aliphatic hydroxyl groups excluding tert-OH is 1. The number of anilines is 1. The molecule has 7 unspecified atom stereocenters. The van der Waals surface area contributed by atoms with E-state index in [9.17, 15) is 62.2 Å². The molecule has 2 aromatic heterocycles. The number of phosphoric acid groups is 3.